The number of benzene rings is 1. The standard InChI is InChI=1S/C12H15BrN4O3S/c1-16(8-9-6-4-5-7-10(9)20-3)21(18,19)12-11(13)14-15-17(12)2/h4-7H,8H2,1-3H3. The van der Waals surface area contributed by atoms with Crippen LogP contribution in [0.3, 0.4) is 0 Å². The first-order valence-electron chi connectivity index (χ1n) is 6.01. The van der Waals surface area contributed by atoms with Gasteiger partial charge in [0.15, 0.2) is 4.60 Å². The van der Waals surface area contributed by atoms with Gasteiger partial charge in [-0.05, 0) is 22.0 Å². The molecule has 0 bridgehead atoms. The van der Waals surface area contributed by atoms with Crippen LogP contribution in [0.1, 0.15) is 5.56 Å². The minimum absolute atomic E-state index is 0.0138. The molecule has 0 aliphatic heterocycles. The van der Waals surface area contributed by atoms with E-state index in [0.717, 1.165) is 5.56 Å². The summed E-state index contributed by atoms with van der Waals surface area (Å²) in [7, 11) is 0.870. The Balaban J connectivity index is 2.34. The molecule has 21 heavy (non-hydrogen) atoms. The molecular formula is C12H15BrN4O3S. The van der Waals surface area contributed by atoms with Crippen LogP contribution < -0.4 is 4.74 Å². The normalized spacial score (nSPS) is 11.9. The van der Waals surface area contributed by atoms with E-state index in [0.29, 0.717) is 5.75 Å². The monoisotopic (exact) mass is 374 g/mol. The van der Waals surface area contributed by atoms with Crippen LogP contribution in [0.4, 0.5) is 0 Å². The van der Waals surface area contributed by atoms with Gasteiger partial charge < -0.3 is 4.74 Å². The molecule has 0 spiro atoms. The summed E-state index contributed by atoms with van der Waals surface area (Å²) >= 11 is 3.11. The maximum Gasteiger partial charge on any atom is 0.263 e. The second-order valence-corrected chi connectivity index (χ2v) is 7.09. The van der Waals surface area contributed by atoms with Crippen molar-refractivity contribution in [2.24, 2.45) is 7.05 Å². The molecule has 0 saturated carbocycles. The first kappa shape index (κ1) is 15.9. The number of hydrogen-bond acceptors (Lipinski definition) is 5. The van der Waals surface area contributed by atoms with Crippen LogP contribution in [0.2, 0.25) is 0 Å². The van der Waals surface area contributed by atoms with E-state index >= 15 is 0 Å². The minimum Gasteiger partial charge on any atom is -0.496 e. The summed E-state index contributed by atoms with van der Waals surface area (Å²) in [5.74, 6) is 0.641. The molecule has 7 nitrogen and oxygen atoms in total. The average molecular weight is 375 g/mol. The number of methoxy groups -OCH3 is 1. The van der Waals surface area contributed by atoms with E-state index in [4.69, 9.17) is 4.74 Å². The Kier molecular flexibility index (Phi) is 4.64. The Hall–Kier alpha value is -1.45. The largest absolute Gasteiger partial charge is 0.496 e. The number of ether oxygens (including phenoxy) is 1. The third-order valence-corrected chi connectivity index (χ3v) is 5.67. The van der Waals surface area contributed by atoms with Gasteiger partial charge in [-0.3, -0.25) is 0 Å². The van der Waals surface area contributed by atoms with Crippen molar-refractivity contribution in [3.63, 3.8) is 0 Å². The Morgan fingerprint density at radius 2 is 2.05 bits per heavy atom. The molecule has 1 aromatic heterocycles. The Morgan fingerprint density at radius 1 is 1.38 bits per heavy atom. The van der Waals surface area contributed by atoms with Gasteiger partial charge in [0.25, 0.3) is 10.0 Å². The lowest BCUT2D eigenvalue weighted by Gasteiger charge is -2.18. The molecule has 2 aromatic rings. The molecule has 0 N–H and O–H groups in total. The molecule has 0 radical (unpaired) electrons. The Morgan fingerprint density at radius 3 is 2.62 bits per heavy atom. The van der Waals surface area contributed by atoms with Crippen molar-refractivity contribution in [1.29, 1.82) is 0 Å². The van der Waals surface area contributed by atoms with Crippen LogP contribution in [0, 0.1) is 0 Å². The third-order valence-electron chi connectivity index (χ3n) is 2.98. The van der Waals surface area contributed by atoms with Gasteiger partial charge in [-0.2, -0.15) is 4.31 Å². The van der Waals surface area contributed by atoms with E-state index in [9.17, 15) is 8.42 Å². The summed E-state index contributed by atoms with van der Waals surface area (Å²) in [6, 6.07) is 7.27. The molecular weight excluding hydrogens is 360 g/mol. The van der Waals surface area contributed by atoms with Crippen molar-refractivity contribution in [3.05, 3.63) is 34.4 Å². The fraction of sp³-hybridized carbons (Fsp3) is 0.333. The molecule has 0 aliphatic rings. The van der Waals surface area contributed by atoms with Gasteiger partial charge in [-0.1, -0.05) is 23.4 Å². The zero-order valence-electron chi connectivity index (χ0n) is 11.8. The number of aryl methyl sites for hydroxylation is 1. The van der Waals surface area contributed by atoms with Crippen LogP contribution in [-0.2, 0) is 23.6 Å². The molecule has 0 amide bonds. The van der Waals surface area contributed by atoms with Gasteiger partial charge in [0.1, 0.15) is 5.75 Å². The number of hydrogen-bond donors (Lipinski definition) is 0. The number of halogens is 1. The van der Waals surface area contributed by atoms with Crippen molar-refractivity contribution < 1.29 is 13.2 Å². The summed E-state index contributed by atoms with van der Waals surface area (Å²) in [4.78, 5) is 0. The molecule has 9 heteroatoms. The average Bonchev–Trinajstić information content (AvgIpc) is 2.79. The Labute approximate surface area is 131 Å². The molecule has 0 unspecified atom stereocenters. The smallest absolute Gasteiger partial charge is 0.263 e. The highest BCUT2D eigenvalue weighted by Crippen LogP contribution is 2.25. The molecule has 0 aliphatic carbocycles. The summed E-state index contributed by atoms with van der Waals surface area (Å²) in [6.07, 6.45) is 0. The molecule has 0 fully saturated rings. The van der Waals surface area contributed by atoms with Gasteiger partial charge in [-0.25, -0.2) is 13.1 Å². The maximum absolute atomic E-state index is 12.6. The van der Waals surface area contributed by atoms with Gasteiger partial charge in [-0.15, -0.1) is 5.10 Å². The number of aromatic nitrogens is 3. The van der Waals surface area contributed by atoms with E-state index in [1.807, 2.05) is 18.2 Å². The topological polar surface area (TPSA) is 77.3 Å². The summed E-state index contributed by atoms with van der Waals surface area (Å²) in [5.41, 5.74) is 0.775. The van der Waals surface area contributed by atoms with Gasteiger partial charge in [0.05, 0.1) is 7.11 Å². The van der Waals surface area contributed by atoms with Crippen LogP contribution in [0.5, 0.6) is 5.75 Å². The number of para-hydroxylation sites is 1. The van der Waals surface area contributed by atoms with Crippen LogP contribution in [0.15, 0.2) is 33.9 Å². The summed E-state index contributed by atoms with van der Waals surface area (Å²) < 4.78 is 33.1. The molecule has 0 atom stereocenters. The lowest BCUT2D eigenvalue weighted by atomic mass is 10.2. The van der Waals surface area contributed by atoms with Gasteiger partial charge in [0, 0.05) is 26.2 Å². The van der Waals surface area contributed by atoms with Gasteiger partial charge >= 0.3 is 0 Å². The zero-order chi connectivity index (χ0) is 15.6. The highest BCUT2D eigenvalue weighted by molar-refractivity contribution is 9.10. The summed E-state index contributed by atoms with van der Waals surface area (Å²) in [5, 5.41) is 7.41. The SMILES string of the molecule is COc1ccccc1CN(C)S(=O)(=O)c1c(Br)nnn1C. The number of sulfonamides is 1. The minimum atomic E-state index is -3.71. The van der Waals surface area contributed by atoms with Crippen LogP contribution >= 0.6 is 15.9 Å². The van der Waals surface area contributed by atoms with Crippen LogP contribution in [0.25, 0.3) is 0 Å². The predicted octanol–water partition coefficient (Wildman–Crippen LogP) is 1.41. The lowest BCUT2D eigenvalue weighted by molar-refractivity contribution is 0.397. The van der Waals surface area contributed by atoms with E-state index in [1.54, 1.807) is 13.2 Å². The van der Waals surface area contributed by atoms with E-state index < -0.39 is 10.0 Å². The molecule has 1 heterocycles. The molecule has 114 valence electrons. The van der Waals surface area contributed by atoms with E-state index in [1.165, 1.54) is 23.1 Å². The molecule has 0 saturated heterocycles. The maximum atomic E-state index is 12.6. The fourth-order valence-electron chi connectivity index (χ4n) is 1.90. The zero-order valence-corrected chi connectivity index (χ0v) is 14.2. The predicted molar refractivity (Wildman–Crippen MR) is 80.3 cm³/mol. The summed E-state index contributed by atoms with van der Waals surface area (Å²) in [6.45, 7) is 0.184. The van der Waals surface area contributed by atoms with E-state index in [-0.39, 0.29) is 16.2 Å². The first-order valence-corrected chi connectivity index (χ1v) is 8.24. The molecule has 1 aromatic carbocycles. The molecule has 2 rings (SSSR count). The lowest BCUT2D eigenvalue weighted by Crippen LogP contribution is -2.28. The fourth-order valence-corrected chi connectivity index (χ4v) is 4.07. The van der Waals surface area contributed by atoms with Crippen molar-refractivity contribution in [2.75, 3.05) is 14.2 Å². The van der Waals surface area contributed by atoms with Gasteiger partial charge in [0.2, 0.25) is 5.03 Å². The van der Waals surface area contributed by atoms with Crippen molar-refractivity contribution >= 4 is 26.0 Å². The third kappa shape index (κ3) is 3.09. The first-order chi connectivity index (χ1) is 9.87. The number of rotatable bonds is 5. The quantitative estimate of drug-likeness (QED) is 0.790. The second kappa shape index (κ2) is 6.12. The van der Waals surface area contributed by atoms with Crippen molar-refractivity contribution in [2.45, 2.75) is 11.6 Å². The van der Waals surface area contributed by atoms with Crippen molar-refractivity contribution in [1.82, 2.24) is 19.3 Å². The van der Waals surface area contributed by atoms with Crippen LogP contribution in [-0.4, -0.2) is 41.9 Å². The Bertz CT molecular complexity index is 725. The highest BCUT2D eigenvalue weighted by atomic mass is 79.9. The number of nitrogens with zero attached hydrogens (tertiary/aromatic N) is 4. The highest BCUT2D eigenvalue weighted by Gasteiger charge is 2.29. The second-order valence-electron chi connectivity index (χ2n) is 4.38. The van der Waals surface area contributed by atoms with E-state index in [2.05, 4.69) is 26.2 Å². The van der Waals surface area contributed by atoms with Crippen molar-refractivity contribution in [3.8, 4) is 5.75 Å².